The highest BCUT2D eigenvalue weighted by atomic mass is 35.5. The summed E-state index contributed by atoms with van der Waals surface area (Å²) in [6, 6.07) is 13.0. The molecule has 0 saturated carbocycles. The molecule has 0 aliphatic heterocycles. The average Bonchev–Trinajstić information content (AvgIpc) is 2.49. The Bertz CT molecular complexity index is 658. The van der Waals surface area contributed by atoms with Crippen LogP contribution in [0.4, 0.5) is 5.69 Å². The van der Waals surface area contributed by atoms with Crippen LogP contribution >= 0.6 is 35.0 Å². The smallest absolute Gasteiger partial charge is 0.237 e. The van der Waals surface area contributed by atoms with Crippen molar-refractivity contribution in [2.75, 3.05) is 5.32 Å². The minimum absolute atomic E-state index is 0.00660. The second-order valence-corrected chi connectivity index (χ2v) is 7.07. The van der Waals surface area contributed by atoms with Crippen molar-refractivity contribution in [1.82, 2.24) is 0 Å². The van der Waals surface area contributed by atoms with Crippen molar-refractivity contribution in [3.8, 4) is 0 Å². The Hall–Kier alpha value is -1.16. The zero-order valence-electron chi connectivity index (χ0n) is 12.4. The summed E-state index contributed by atoms with van der Waals surface area (Å²) < 4.78 is 0. The third-order valence-corrected chi connectivity index (χ3v) is 5.06. The van der Waals surface area contributed by atoms with Gasteiger partial charge in [0.25, 0.3) is 0 Å². The Morgan fingerprint density at radius 1 is 1.14 bits per heavy atom. The van der Waals surface area contributed by atoms with Gasteiger partial charge >= 0.3 is 0 Å². The minimum Gasteiger partial charge on any atom is -0.325 e. The van der Waals surface area contributed by atoms with Crippen LogP contribution in [0, 0.1) is 6.92 Å². The van der Waals surface area contributed by atoms with E-state index < -0.39 is 0 Å². The minimum atomic E-state index is -0.156. The molecule has 116 valence electrons. The molecule has 0 aliphatic carbocycles. The number of amides is 1. The number of carbonyl (C=O) groups excluding carboxylic acids is 1. The van der Waals surface area contributed by atoms with Crippen LogP contribution < -0.4 is 5.32 Å². The zero-order valence-corrected chi connectivity index (χ0v) is 14.7. The number of anilines is 1. The van der Waals surface area contributed by atoms with E-state index in [1.54, 1.807) is 6.07 Å². The lowest BCUT2D eigenvalue weighted by Crippen LogP contribution is -2.24. The first kappa shape index (κ1) is 17.2. The van der Waals surface area contributed by atoms with E-state index in [1.807, 2.05) is 50.2 Å². The van der Waals surface area contributed by atoms with E-state index >= 15 is 0 Å². The number of thioether (sulfide) groups is 1. The Morgan fingerprint density at radius 2 is 1.77 bits per heavy atom. The molecule has 22 heavy (non-hydrogen) atoms. The van der Waals surface area contributed by atoms with Gasteiger partial charge < -0.3 is 5.32 Å². The number of nitrogens with one attached hydrogen (secondary N) is 1. The second kappa shape index (κ2) is 7.91. The number of hydrogen-bond donors (Lipinski definition) is 1. The van der Waals surface area contributed by atoms with Gasteiger partial charge in [-0.15, -0.1) is 11.8 Å². The van der Waals surface area contributed by atoms with Crippen LogP contribution in [0.1, 0.15) is 18.9 Å². The van der Waals surface area contributed by atoms with Gasteiger partial charge in [-0.25, -0.2) is 0 Å². The topological polar surface area (TPSA) is 29.1 Å². The monoisotopic (exact) mass is 353 g/mol. The highest BCUT2D eigenvalue weighted by Crippen LogP contribution is 2.28. The third-order valence-electron chi connectivity index (χ3n) is 3.20. The predicted octanol–water partition coefficient (Wildman–Crippen LogP) is 5.81. The lowest BCUT2D eigenvalue weighted by atomic mass is 10.2. The average molecular weight is 354 g/mol. The van der Waals surface area contributed by atoms with Crippen molar-refractivity contribution in [3.05, 3.63) is 58.1 Å². The van der Waals surface area contributed by atoms with Gasteiger partial charge in [0.15, 0.2) is 0 Å². The first-order chi connectivity index (χ1) is 10.5. The summed E-state index contributed by atoms with van der Waals surface area (Å²) in [5.41, 5.74) is 1.75. The molecule has 0 saturated heterocycles. The number of rotatable bonds is 5. The molecule has 0 aliphatic rings. The van der Waals surface area contributed by atoms with Crippen LogP contribution in [0.5, 0.6) is 0 Å². The first-order valence-electron chi connectivity index (χ1n) is 6.99. The summed E-state index contributed by atoms with van der Waals surface area (Å²) in [7, 11) is 0. The highest BCUT2D eigenvalue weighted by Gasteiger charge is 2.18. The van der Waals surface area contributed by atoms with E-state index in [4.69, 9.17) is 23.2 Å². The molecule has 1 amide bonds. The molecule has 0 unspecified atom stereocenters. The fourth-order valence-electron chi connectivity index (χ4n) is 1.98. The largest absolute Gasteiger partial charge is 0.325 e. The van der Waals surface area contributed by atoms with Crippen LogP contribution in [0.25, 0.3) is 0 Å². The normalized spacial score (nSPS) is 12.0. The maximum Gasteiger partial charge on any atom is 0.237 e. The van der Waals surface area contributed by atoms with E-state index in [-0.39, 0.29) is 11.2 Å². The zero-order chi connectivity index (χ0) is 16.1. The number of halogens is 2. The predicted molar refractivity (Wildman–Crippen MR) is 96.2 cm³/mol. The van der Waals surface area contributed by atoms with Crippen LogP contribution in [-0.2, 0) is 4.79 Å². The molecule has 2 rings (SSSR count). The van der Waals surface area contributed by atoms with E-state index in [0.717, 1.165) is 22.6 Å². The van der Waals surface area contributed by atoms with Gasteiger partial charge in [0.2, 0.25) is 5.91 Å². The lowest BCUT2D eigenvalue weighted by Gasteiger charge is -2.16. The van der Waals surface area contributed by atoms with Crippen LogP contribution in [0.2, 0.25) is 10.0 Å². The SMILES string of the molecule is CC[C@@H](Sc1ccc(Cl)cc1)C(=O)Nc1ccc(Cl)cc1C. The van der Waals surface area contributed by atoms with Crippen LogP contribution in [-0.4, -0.2) is 11.2 Å². The molecule has 0 aromatic heterocycles. The molecular formula is C17H17Cl2NOS. The Balaban J connectivity index is 2.06. The fraction of sp³-hybridized carbons (Fsp3) is 0.235. The van der Waals surface area contributed by atoms with Crippen LogP contribution in [0.15, 0.2) is 47.4 Å². The van der Waals surface area contributed by atoms with Crippen molar-refractivity contribution in [2.24, 2.45) is 0 Å². The van der Waals surface area contributed by atoms with E-state index in [0.29, 0.717) is 10.0 Å². The molecule has 0 spiro atoms. The Labute approximate surface area is 145 Å². The summed E-state index contributed by atoms with van der Waals surface area (Å²) in [6.07, 6.45) is 0.742. The van der Waals surface area contributed by atoms with E-state index in [2.05, 4.69) is 5.32 Å². The van der Waals surface area contributed by atoms with Gasteiger partial charge in [-0.05, 0) is 61.4 Å². The second-order valence-electron chi connectivity index (χ2n) is 4.92. The third kappa shape index (κ3) is 4.67. The molecule has 0 fully saturated rings. The van der Waals surface area contributed by atoms with Crippen molar-refractivity contribution in [3.63, 3.8) is 0 Å². The number of aryl methyl sites for hydroxylation is 1. The molecule has 5 heteroatoms. The summed E-state index contributed by atoms with van der Waals surface area (Å²) in [4.78, 5) is 13.5. The standard InChI is InChI=1S/C17H17Cl2NOS/c1-3-16(22-14-7-4-12(18)5-8-14)17(21)20-15-9-6-13(19)10-11(15)2/h4-10,16H,3H2,1-2H3,(H,20,21)/t16-/m1/s1. The summed E-state index contributed by atoms with van der Waals surface area (Å²) in [6.45, 7) is 3.93. The molecule has 2 aromatic carbocycles. The quantitative estimate of drug-likeness (QED) is 0.687. The molecule has 1 atom stereocenters. The summed E-state index contributed by atoms with van der Waals surface area (Å²) in [5.74, 6) is -0.00660. The molecule has 0 bridgehead atoms. The number of carbonyl (C=O) groups is 1. The Morgan fingerprint density at radius 3 is 2.36 bits per heavy atom. The van der Waals surface area contributed by atoms with E-state index in [9.17, 15) is 4.79 Å². The Kier molecular flexibility index (Phi) is 6.18. The summed E-state index contributed by atoms with van der Waals surface area (Å²) >= 11 is 13.4. The number of benzene rings is 2. The van der Waals surface area contributed by atoms with Gasteiger partial charge in [0, 0.05) is 20.6 Å². The fourth-order valence-corrected chi connectivity index (χ4v) is 3.29. The van der Waals surface area contributed by atoms with E-state index in [1.165, 1.54) is 11.8 Å². The first-order valence-corrected chi connectivity index (χ1v) is 8.62. The maximum atomic E-state index is 12.5. The molecule has 2 aromatic rings. The maximum absolute atomic E-state index is 12.5. The van der Waals surface area contributed by atoms with Crippen molar-refractivity contribution in [2.45, 2.75) is 30.4 Å². The van der Waals surface area contributed by atoms with Gasteiger partial charge in [0.05, 0.1) is 5.25 Å². The number of hydrogen-bond acceptors (Lipinski definition) is 2. The molecule has 0 heterocycles. The van der Waals surface area contributed by atoms with Gasteiger partial charge in [0.1, 0.15) is 0 Å². The molecule has 0 radical (unpaired) electrons. The van der Waals surface area contributed by atoms with Crippen molar-refractivity contribution < 1.29 is 4.79 Å². The molecule has 1 N–H and O–H groups in total. The lowest BCUT2D eigenvalue weighted by molar-refractivity contribution is -0.115. The summed E-state index contributed by atoms with van der Waals surface area (Å²) in [5, 5.41) is 4.18. The van der Waals surface area contributed by atoms with Crippen LogP contribution in [0.3, 0.4) is 0 Å². The van der Waals surface area contributed by atoms with Gasteiger partial charge in [-0.2, -0.15) is 0 Å². The van der Waals surface area contributed by atoms with Gasteiger partial charge in [-0.3, -0.25) is 4.79 Å². The highest BCUT2D eigenvalue weighted by molar-refractivity contribution is 8.00. The van der Waals surface area contributed by atoms with Crippen molar-refractivity contribution in [1.29, 1.82) is 0 Å². The van der Waals surface area contributed by atoms with Gasteiger partial charge in [-0.1, -0.05) is 30.1 Å². The molecule has 2 nitrogen and oxygen atoms in total. The van der Waals surface area contributed by atoms with Crippen molar-refractivity contribution >= 4 is 46.6 Å². The molecular weight excluding hydrogens is 337 g/mol.